The molecular formula is C36H70O. The molecule has 0 amide bonds. The van der Waals surface area contributed by atoms with Gasteiger partial charge in [-0.25, -0.2) is 0 Å². The Morgan fingerprint density at radius 3 is 1.11 bits per heavy atom. The van der Waals surface area contributed by atoms with E-state index in [4.69, 9.17) is 0 Å². The standard InChI is InChI=1S/C36H70O/c1-4-5-6-7-8-9-10-11-14-17-20-23-26-29-32-36(34-37)33-30-27-24-21-18-15-12-13-16-19-22-25-28-31-35(2)3/h11,14,34-36H,4-10,12-13,15-33H2,1-3H3/b14-11-. The summed E-state index contributed by atoms with van der Waals surface area (Å²) in [5.41, 5.74) is 0. The first-order valence-electron chi connectivity index (χ1n) is 17.3. The molecule has 0 rings (SSSR count). The maximum atomic E-state index is 11.5. The maximum absolute atomic E-state index is 11.5. The number of hydrogen-bond acceptors (Lipinski definition) is 1. The number of hydrogen-bond donors (Lipinski definition) is 0. The van der Waals surface area contributed by atoms with E-state index in [0.29, 0.717) is 5.92 Å². The van der Waals surface area contributed by atoms with Gasteiger partial charge in [0.25, 0.3) is 0 Å². The second-order valence-electron chi connectivity index (χ2n) is 12.5. The summed E-state index contributed by atoms with van der Waals surface area (Å²) in [6.07, 6.45) is 44.1. The Morgan fingerprint density at radius 2 is 0.757 bits per heavy atom. The summed E-state index contributed by atoms with van der Waals surface area (Å²) in [5, 5.41) is 0. The molecule has 220 valence electrons. The molecule has 1 heteroatoms. The maximum Gasteiger partial charge on any atom is 0.123 e. The van der Waals surface area contributed by atoms with E-state index in [0.717, 1.165) is 18.8 Å². The van der Waals surface area contributed by atoms with Crippen molar-refractivity contribution in [2.75, 3.05) is 0 Å². The Labute approximate surface area is 235 Å². The van der Waals surface area contributed by atoms with Crippen LogP contribution in [0.3, 0.4) is 0 Å². The molecule has 0 fully saturated rings. The van der Waals surface area contributed by atoms with Crippen LogP contribution >= 0.6 is 0 Å². The zero-order chi connectivity index (χ0) is 27.1. The van der Waals surface area contributed by atoms with Crippen molar-refractivity contribution in [3.8, 4) is 0 Å². The van der Waals surface area contributed by atoms with Crippen molar-refractivity contribution in [3.05, 3.63) is 12.2 Å². The summed E-state index contributed by atoms with van der Waals surface area (Å²) < 4.78 is 0. The van der Waals surface area contributed by atoms with Crippen molar-refractivity contribution in [2.24, 2.45) is 11.8 Å². The lowest BCUT2D eigenvalue weighted by Gasteiger charge is -2.10. The van der Waals surface area contributed by atoms with E-state index in [1.807, 2.05) is 0 Å². The van der Waals surface area contributed by atoms with Crippen LogP contribution in [-0.2, 0) is 4.79 Å². The third kappa shape index (κ3) is 31.5. The van der Waals surface area contributed by atoms with Crippen LogP contribution in [0.2, 0.25) is 0 Å². The van der Waals surface area contributed by atoms with Gasteiger partial charge < -0.3 is 4.79 Å². The molecular weight excluding hydrogens is 448 g/mol. The molecule has 0 radical (unpaired) electrons. The Balaban J connectivity index is 3.32. The second-order valence-corrected chi connectivity index (χ2v) is 12.5. The van der Waals surface area contributed by atoms with Gasteiger partial charge in [-0.15, -0.1) is 0 Å². The molecule has 0 saturated carbocycles. The van der Waals surface area contributed by atoms with E-state index in [2.05, 4.69) is 32.9 Å². The highest BCUT2D eigenvalue weighted by molar-refractivity contribution is 5.53. The number of carbonyl (C=O) groups is 1. The smallest absolute Gasteiger partial charge is 0.123 e. The molecule has 0 aliphatic carbocycles. The summed E-state index contributed by atoms with van der Waals surface area (Å²) in [6.45, 7) is 6.95. The third-order valence-electron chi connectivity index (χ3n) is 8.14. The molecule has 0 bridgehead atoms. The molecule has 0 spiro atoms. The van der Waals surface area contributed by atoms with Gasteiger partial charge in [0, 0.05) is 5.92 Å². The summed E-state index contributed by atoms with van der Waals surface area (Å²) in [6, 6.07) is 0. The quantitative estimate of drug-likeness (QED) is 0.0506. The summed E-state index contributed by atoms with van der Waals surface area (Å²) in [5.74, 6) is 1.20. The van der Waals surface area contributed by atoms with E-state index in [1.54, 1.807) is 0 Å². The fraction of sp³-hybridized carbons (Fsp3) is 0.917. The van der Waals surface area contributed by atoms with E-state index in [9.17, 15) is 4.79 Å². The largest absolute Gasteiger partial charge is 0.303 e. The molecule has 1 atom stereocenters. The van der Waals surface area contributed by atoms with E-state index in [-0.39, 0.29) is 0 Å². The Kier molecular flexibility index (Phi) is 31.1. The predicted octanol–water partition coefficient (Wildman–Crippen LogP) is 13.0. The average molecular weight is 519 g/mol. The van der Waals surface area contributed by atoms with Gasteiger partial charge in [0.2, 0.25) is 0 Å². The summed E-state index contributed by atoms with van der Waals surface area (Å²) in [4.78, 5) is 11.5. The van der Waals surface area contributed by atoms with Gasteiger partial charge >= 0.3 is 0 Å². The molecule has 0 aliphatic heterocycles. The fourth-order valence-corrected chi connectivity index (χ4v) is 5.48. The average Bonchev–Trinajstić information content (AvgIpc) is 2.89. The molecule has 0 aromatic rings. The lowest BCUT2D eigenvalue weighted by molar-refractivity contribution is -0.111. The normalized spacial score (nSPS) is 12.6. The Hall–Kier alpha value is -0.590. The predicted molar refractivity (Wildman–Crippen MR) is 168 cm³/mol. The molecule has 1 nitrogen and oxygen atoms in total. The molecule has 0 N–H and O–H groups in total. The van der Waals surface area contributed by atoms with Crippen molar-refractivity contribution in [1.82, 2.24) is 0 Å². The van der Waals surface area contributed by atoms with Gasteiger partial charge in [-0.05, 0) is 44.4 Å². The van der Waals surface area contributed by atoms with Gasteiger partial charge in [0.15, 0.2) is 0 Å². The molecule has 1 unspecified atom stereocenters. The van der Waals surface area contributed by atoms with E-state index in [1.165, 1.54) is 173 Å². The van der Waals surface area contributed by atoms with E-state index >= 15 is 0 Å². The first-order chi connectivity index (χ1) is 18.2. The van der Waals surface area contributed by atoms with Crippen molar-refractivity contribution in [1.29, 1.82) is 0 Å². The number of rotatable bonds is 31. The van der Waals surface area contributed by atoms with Crippen LogP contribution in [0.4, 0.5) is 0 Å². The first-order valence-corrected chi connectivity index (χ1v) is 17.3. The fourth-order valence-electron chi connectivity index (χ4n) is 5.48. The minimum absolute atomic E-state index is 0.322. The number of unbranched alkanes of at least 4 members (excludes halogenated alkanes) is 22. The van der Waals surface area contributed by atoms with Crippen LogP contribution in [0.1, 0.15) is 201 Å². The van der Waals surface area contributed by atoms with Crippen LogP contribution in [0, 0.1) is 11.8 Å². The topological polar surface area (TPSA) is 17.1 Å². The Morgan fingerprint density at radius 1 is 0.432 bits per heavy atom. The first kappa shape index (κ1) is 36.4. The number of allylic oxidation sites excluding steroid dienone is 2. The van der Waals surface area contributed by atoms with Gasteiger partial charge in [-0.2, -0.15) is 0 Å². The van der Waals surface area contributed by atoms with Crippen LogP contribution in [0.25, 0.3) is 0 Å². The minimum Gasteiger partial charge on any atom is -0.303 e. The van der Waals surface area contributed by atoms with Crippen molar-refractivity contribution < 1.29 is 4.79 Å². The molecule has 37 heavy (non-hydrogen) atoms. The van der Waals surface area contributed by atoms with Crippen LogP contribution in [0.15, 0.2) is 12.2 Å². The summed E-state index contributed by atoms with van der Waals surface area (Å²) in [7, 11) is 0. The van der Waals surface area contributed by atoms with Gasteiger partial charge in [-0.3, -0.25) is 0 Å². The number of carbonyl (C=O) groups excluding carboxylic acids is 1. The van der Waals surface area contributed by atoms with Gasteiger partial charge in [0.1, 0.15) is 6.29 Å². The Bertz CT molecular complexity index is 452. The van der Waals surface area contributed by atoms with Gasteiger partial charge in [0.05, 0.1) is 0 Å². The third-order valence-corrected chi connectivity index (χ3v) is 8.14. The highest BCUT2D eigenvalue weighted by atomic mass is 16.1. The SMILES string of the molecule is CCCCCCCC/C=C\CCCCCCC(C=O)CCCCCCCCCCCCCCCC(C)C. The summed E-state index contributed by atoms with van der Waals surface area (Å²) >= 11 is 0. The van der Waals surface area contributed by atoms with Gasteiger partial charge in [-0.1, -0.05) is 174 Å². The number of aldehydes is 1. The lowest BCUT2D eigenvalue weighted by atomic mass is 9.95. The molecule has 0 saturated heterocycles. The monoisotopic (exact) mass is 519 g/mol. The lowest BCUT2D eigenvalue weighted by Crippen LogP contribution is -2.02. The van der Waals surface area contributed by atoms with Crippen molar-refractivity contribution in [2.45, 2.75) is 201 Å². The van der Waals surface area contributed by atoms with E-state index < -0.39 is 0 Å². The molecule has 0 aromatic heterocycles. The van der Waals surface area contributed by atoms with Crippen molar-refractivity contribution >= 4 is 6.29 Å². The zero-order valence-electron chi connectivity index (χ0n) is 26.1. The molecule has 0 aliphatic rings. The highest BCUT2D eigenvalue weighted by Gasteiger charge is 2.06. The molecule has 0 heterocycles. The van der Waals surface area contributed by atoms with Crippen molar-refractivity contribution in [3.63, 3.8) is 0 Å². The molecule has 0 aromatic carbocycles. The van der Waals surface area contributed by atoms with Crippen LogP contribution in [0.5, 0.6) is 0 Å². The second kappa shape index (κ2) is 31.6. The van der Waals surface area contributed by atoms with Crippen LogP contribution in [-0.4, -0.2) is 6.29 Å². The minimum atomic E-state index is 0.322. The zero-order valence-corrected chi connectivity index (χ0v) is 26.1. The highest BCUT2D eigenvalue weighted by Crippen LogP contribution is 2.18. The van der Waals surface area contributed by atoms with Crippen LogP contribution < -0.4 is 0 Å².